The van der Waals surface area contributed by atoms with Crippen LogP contribution in [0.3, 0.4) is 0 Å². The number of nitrogens with one attached hydrogen (secondary N) is 3. The minimum atomic E-state index is -0.136. The molecule has 162 valence electrons. The third-order valence-corrected chi connectivity index (χ3v) is 7.71. The molecule has 5 aliphatic rings. The van der Waals surface area contributed by atoms with Crippen molar-refractivity contribution in [2.24, 2.45) is 17.8 Å². The quantitative estimate of drug-likeness (QED) is 0.671. The molecule has 4 aliphatic carbocycles. The first-order valence-electron chi connectivity index (χ1n) is 11.8. The van der Waals surface area contributed by atoms with Crippen LogP contribution in [0.1, 0.15) is 61.7 Å². The molecule has 1 aliphatic heterocycles. The van der Waals surface area contributed by atoms with Crippen LogP contribution in [-0.4, -0.2) is 48.6 Å². The molecular weight excluding hydrogens is 376 g/mol. The van der Waals surface area contributed by atoms with Crippen LogP contribution in [0.2, 0.25) is 0 Å². The maximum atomic E-state index is 12.8. The predicted octanol–water partition coefficient (Wildman–Crippen LogP) is 3.60. The summed E-state index contributed by atoms with van der Waals surface area (Å²) >= 11 is 0. The second-order valence-electron chi connectivity index (χ2n) is 10.2. The van der Waals surface area contributed by atoms with Gasteiger partial charge >= 0.3 is 6.03 Å². The summed E-state index contributed by atoms with van der Waals surface area (Å²) in [6.45, 7) is 3.82. The van der Waals surface area contributed by atoms with Crippen molar-refractivity contribution < 1.29 is 9.59 Å². The molecule has 4 bridgehead atoms. The number of anilines is 1. The van der Waals surface area contributed by atoms with Crippen molar-refractivity contribution in [3.8, 4) is 0 Å². The standard InChI is InChI=1S/C24H34N4O2/c29-22(25-6-9-28-7-1-2-8-28)20-4-3-5-21(13-20)26-23(30)27-24-14-17-10-18(15-24)12-19(11-17)16-24/h3-5,13,17-19H,1-2,6-12,14-16H2,(H,25,29)(H2,26,27,30). The minimum Gasteiger partial charge on any atom is -0.351 e. The maximum Gasteiger partial charge on any atom is 0.319 e. The summed E-state index contributed by atoms with van der Waals surface area (Å²) in [5.74, 6) is 2.30. The minimum absolute atomic E-state index is 0.0105. The van der Waals surface area contributed by atoms with Crippen molar-refractivity contribution in [2.75, 3.05) is 31.5 Å². The zero-order chi connectivity index (χ0) is 20.6. The SMILES string of the molecule is O=C(Nc1cccc(C(=O)NCCN2CCCC2)c1)NC12CC3CC(CC(C3)C1)C2. The molecule has 5 fully saturated rings. The molecule has 1 aromatic rings. The van der Waals surface area contributed by atoms with E-state index in [0.717, 1.165) is 56.7 Å². The Morgan fingerprint density at radius 1 is 1.00 bits per heavy atom. The number of hydrogen-bond acceptors (Lipinski definition) is 3. The summed E-state index contributed by atoms with van der Waals surface area (Å²) < 4.78 is 0. The average Bonchev–Trinajstić information content (AvgIpc) is 3.20. The molecule has 6 heteroatoms. The normalized spacial score (nSPS) is 32.2. The molecule has 0 spiro atoms. The summed E-state index contributed by atoms with van der Waals surface area (Å²) in [5, 5.41) is 9.31. The van der Waals surface area contributed by atoms with Gasteiger partial charge < -0.3 is 20.9 Å². The number of benzene rings is 1. The molecule has 1 saturated heterocycles. The first-order valence-corrected chi connectivity index (χ1v) is 11.8. The average molecular weight is 411 g/mol. The van der Waals surface area contributed by atoms with Crippen LogP contribution in [0.25, 0.3) is 0 Å². The summed E-state index contributed by atoms with van der Waals surface area (Å²) in [6.07, 6.45) is 9.98. The van der Waals surface area contributed by atoms with Gasteiger partial charge in [-0.05, 0) is 100 Å². The van der Waals surface area contributed by atoms with E-state index in [-0.39, 0.29) is 17.5 Å². The highest BCUT2D eigenvalue weighted by atomic mass is 16.2. The van der Waals surface area contributed by atoms with Gasteiger partial charge in [0.15, 0.2) is 0 Å². The molecular formula is C24H34N4O2. The molecule has 3 N–H and O–H groups in total. The molecule has 3 amide bonds. The summed E-state index contributed by atoms with van der Waals surface area (Å²) in [5.41, 5.74) is 1.25. The maximum absolute atomic E-state index is 12.8. The summed E-state index contributed by atoms with van der Waals surface area (Å²) in [7, 11) is 0. The van der Waals surface area contributed by atoms with Crippen molar-refractivity contribution >= 4 is 17.6 Å². The van der Waals surface area contributed by atoms with Crippen LogP contribution in [0.15, 0.2) is 24.3 Å². The van der Waals surface area contributed by atoms with Gasteiger partial charge in [0, 0.05) is 29.9 Å². The smallest absolute Gasteiger partial charge is 0.319 e. The topological polar surface area (TPSA) is 73.5 Å². The lowest BCUT2D eigenvalue weighted by molar-refractivity contribution is -0.0127. The van der Waals surface area contributed by atoms with Crippen LogP contribution >= 0.6 is 0 Å². The zero-order valence-electron chi connectivity index (χ0n) is 17.8. The highest BCUT2D eigenvalue weighted by molar-refractivity contribution is 5.97. The Bertz CT molecular complexity index is 767. The van der Waals surface area contributed by atoms with Crippen LogP contribution in [0.5, 0.6) is 0 Å². The van der Waals surface area contributed by atoms with Gasteiger partial charge in [0.2, 0.25) is 0 Å². The number of nitrogens with zero attached hydrogens (tertiary/aromatic N) is 1. The fraction of sp³-hybridized carbons (Fsp3) is 0.667. The molecule has 30 heavy (non-hydrogen) atoms. The second kappa shape index (κ2) is 8.22. The van der Waals surface area contributed by atoms with Gasteiger partial charge in [-0.2, -0.15) is 0 Å². The van der Waals surface area contributed by atoms with E-state index >= 15 is 0 Å². The van der Waals surface area contributed by atoms with Crippen molar-refractivity contribution in [3.05, 3.63) is 29.8 Å². The Morgan fingerprint density at radius 3 is 2.33 bits per heavy atom. The fourth-order valence-corrected chi connectivity index (χ4v) is 6.84. The number of rotatable bonds is 6. The highest BCUT2D eigenvalue weighted by Crippen LogP contribution is 2.55. The Morgan fingerprint density at radius 2 is 1.67 bits per heavy atom. The Hall–Kier alpha value is -2.08. The van der Waals surface area contributed by atoms with E-state index in [4.69, 9.17) is 0 Å². The van der Waals surface area contributed by atoms with Gasteiger partial charge in [-0.1, -0.05) is 6.07 Å². The van der Waals surface area contributed by atoms with Gasteiger partial charge in [-0.3, -0.25) is 4.79 Å². The van der Waals surface area contributed by atoms with E-state index in [2.05, 4.69) is 20.9 Å². The monoisotopic (exact) mass is 410 g/mol. The van der Waals surface area contributed by atoms with Crippen LogP contribution in [-0.2, 0) is 0 Å². The van der Waals surface area contributed by atoms with Crippen molar-refractivity contribution in [1.29, 1.82) is 0 Å². The van der Waals surface area contributed by atoms with E-state index in [1.54, 1.807) is 12.1 Å². The first-order chi connectivity index (χ1) is 14.6. The van der Waals surface area contributed by atoms with Gasteiger partial charge in [0.05, 0.1) is 0 Å². The first kappa shape index (κ1) is 19.9. The molecule has 1 aromatic carbocycles. The number of carbonyl (C=O) groups excluding carboxylic acids is 2. The lowest BCUT2D eigenvalue weighted by atomic mass is 9.53. The van der Waals surface area contributed by atoms with E-state index in [1.165, 1.54) is 32.1 Å². The Labute approximate surface area is 179 Å². The molecule has 0 aromatic heterocycles. The van der Waals surface area contributed by atoms with E-state index in [1.807, 2.05) is 12.1 Å². The number of urea groups is 1. The number of amides is 3. The number of hydrogen-bond donors (Lipinski definition) is 3. The summed E-state index contributed by atoms with van der Waals surface area (Å²) in [4.78, 5) is 27.6. The second-order valence-corrected chi connectivity index (χ2v) is 10.2. The third-order valence-electron chi connectivity index (χ3n) is 7.71. The lowest BCUT2D eigenvalue weighted by Crippen LogP contribution is -2.60. The molecule has 6 rings (SSSR count). The lowest BCUT2D eigenvalue weighted by Gasteiger charge is -2.56. The van der Waals surface area contributed by atoms with Gasteiger partial charge in [-0.25, -0.2) is 4.79 Å². The van der Waals surface area contributed by atoms with Crippen LogP contribution in [0.4, 0.5) is 10.5 Å². The van der Waals surface area contributed by atoms with Gasteiger partial charge in [0.25, 0.3) is 5.91 Å². The van der Waals surface area contributed by atoms with Crippen molar-refractivity contribution in [3.63, 3.8) is 0 Å². The van der Waals surface area contributed by atoms with Gasteiger partial charge in [-0.15, -0.1) is 0 Å². The molecule has 4 saturated carbocycles. The number of carbonyl (C=O) groups is 2. The Balaban J connectivity index is 1.14. The molecule has 0 radical (unpaired) electrons. The van der Waals surface area contributed by atoms with Crippen LogP contribution < -0.4 is 16.0 Å². The molecule has 0 atom stereocenters. The number of likely N-dealkylation sites (tertiary alicyclic amines) is 1. The third kappa shape index (κ3) is 4.34. The van der Waals surface area contributed by atoms with Crippen molar-refractivity contribution in [1.82, 2.24) is 15.5 Å². The largest absolute Gasteiger partial charge is 0.351 e. The van der Waals surface area contributed by atoms with E-state index in [9.17, 15) is 9.59 Å². The molecule has 1 heterocycles. The molecule has 6 nitrogen and oxygen atoms in total. The van der Waals surface area contributed by atoms with E-state index < -0.39 is 0 Å². The highest BCUT2D eigenvalue weighted by Gasteiger charge is 2.51. The Kier molecular flexibility index (Phi) is 5.44. The van der Waals surface area contributed by atoms with E-state index in [0.29, 0.717) is 17.8 Å². The summed E-state index contributed by atoms with van der Waals surface area (Å²) in [6, 6.07) is 7.11. The predicted molar refractivity (Wildman–Crippen MR) is 118 cm³/mol. The van der Waals surface area contributed by atoms with Crippen molar-refractivity contribution in [2.45, 2.75) is 56.9 Å². The van der Waals surface area contributed by atoms with Crippen LogP contribution in [0, 0.1) is 17.8 Å². The zero-order valence-corrected chi connectivity index (χ0v) is 17.8. The molecule has 0 unspecified atom stereocenters. The fourth-order valence-electron chi connectivity index (χ4n) is 6.84. The van der Waals surface area contributed by atoms with Gasteiger partial charge in [0.1, 0.15) is 0 Å².